The standard InChI is InChI=1S/C17H23FN4O/c18-12-6-13(22(9-12)10-16-19-4-1-5-20-16)8-21-17(23)15-7-14(15)11-2-3-11/h1,4-5,11-15H,2-3,6-10H2,(H,21,23)/t12-,13-,14+,15+/m0/s1. The number of nitrogens with zero attached hydrogens (tertiary/aromatic N) is 3. The minimum absolute atomic E-state index is 0.0379. The molecule has 0 spiro atoms. The molecule has 3 fully saturated rings. The Morgan fingerprint density at radius 3 is 2.83 bits per heavy atom. The van der Waals surface area contributed by atoms with Crippen molar-refractivity contribution >= 4 is 5.91 Å². The van der Waals surface area contributed by atoms with E-state index in [0.29, 0.717) is 37.8 Å². The molecule has 6 heteroatoms. The van der Waals surface area contributed by atoms with Gasteiger partial charge in [0.15, 0.2) is 0 Å². The van der Waals surface area contributed by atoms with Crippen molar-refractivity contribution in [1.29, 1.82) is 0 Å². The Bertz CT molecular complexity index is 565. The van der Waals surface area contributed by atoms with Gasteiger partial charge < -0.3 is 5.32 Å². The third kappa shape index (κ3) is 3.52. The Kier molecular flexibility index (Phi) is 4.01. The Morgan fingerprint density at radius 2 is 2.09 bits per heavy atom. The topological polar surface area (TPSA) is 58.1 Å². The lowest BCUT2D eigenvalue weighted by Gasteiger charge is -2.23. The molecule has 3 aliphatic rings. The van der Waals surface area contributed by atoms with E-state index in [1.54, 1.807) is 18.5 Å². The number of hydrogen-bond donors (Lipinski definition) is 1. The minimum Gasteiger partial charge on any atom is -0.354 e. The Labute approximate surface area is 135 Å². The molecule has 0 aromatic carbocycles. The van der Waals surface area contributed by atoms with Crippen molar-refractivity contribution in [2.24, 2.45) is 17.8 Å². The molecule has 1 saturated heterocycles. The maximum Gasteiger partial charge on any atom is 0.223 e. The molecule has 1 aliphatic heterocycles. The van der Waals surface area contributed by atoms with Crippen LogP contribution in [-0.4, -0.2) is 46.1 Å². The van der Waals surface area contributed by atoms with Gasteiger partial charge in [0.2, 0.25) is 5.91 Å². The second-order valence-corrected chi connectivity index (χ2v) is 7.17. The third-order valence-corrected chi connectivity index (χ3v) is 5.36. The van der Waals surface area contributed by atoms with E-state index in [1.807, 2.05) is 4.90 Å². The van der Waals surface area contributed by atoms with Gasteiger partial charge in [-0.05, 0) is 43.6 Å². The fraction of sp³-hybridized carbons (Fsp3) is 0.706. The Hall–Kier alpha value is -1.56. The summed E-state index contributed by atoms with van der Waals surface area (Å²) in [5, 5.41) is 3.05. The Balaban J connectivity index is 1.29. The average molecular weight is 318 g/mol. The van der Waals surface area contributed by atoms with Gasteiger partial charge in [-0.25, -0.2) is 14.4 Å². The van der Waals surface area contributed by atoms with Crippen molar-refractivity contribution < 1.29 is 9.18 Å². The molecule has 1 aromatic heterocycles. The zero-order valence-corrected chi connectivity index (χ0v) is 13.2. The highest BCUT2D eigenvalue weighted by Crippen LogP contribution is 2.54. The van der Waals surface area contributed by atoms with E-state index in [0.717, 1.165) is 12.3 Å². The molecule has 1 N–H and O–H groups in total. The quantitative estimate of drug-likeness (QED) is 0.865. The second-order valence-electron chi connectivity index (χ2n) is 7.17. The summed E-state index contributed by atoms with van der Waals surface area (Å²) in [4.78, 5) is 22.7. The van der Waals surface area contributed by atoms with Crippen LogP contribution >= 0.6 is 0 Å². The first-order valence-electron chi connectivity index (χ1n) is 8.62. The smallest absolute Gasteiger partial charge is 0.223 e. The summed E-state index contributed by atoms with van der Waals surface area (Å²) in [5.41, 5.74) is 0. The van der Waals surface area contributed by atoms with Gasteiger partial charge in [0.1, 0.15) is 12.0 Å². The van der Waals surface area contributed by atoms with Crippen molar-refractivity contribution in [2.45, 2.75) is 44.4 Å². The monoisotopic (exact) mass is 318 g/mol. The van der Waals surface area contributed by atoms with Gasteiger partial charge in [-0.3, -0.25) is 9.69 Å². The molecule has 4 atom stereocenters. The molecule has 0 unspecified atom stereocenters. The molecule has 5 nitrogen and oxygen atoms in total. The van der Waals surface area contributed by atoms with E-state index in [2.05, 4.69) is 15.3 Å². The first-order valence-corrected chi connectivity index (χ1v) is 8.62. The van der Waals surface area contributed by atoms with Crippen molar-refractivity contribution in [3.05, 3.63) is 24.3 Å². The summed E-state index contributed by atoms with van der Waals surface area (Å²) < 4.78 is 13.8. The molecule has 0 radical (unpaired) electrons. The molecule has 2 saturated carbocycles. The lowest BCUT2D eigenvalue weighted by molar-refractivity contribution is -0.122. The van der Waals surface area contributed by atoms with E-state index in [4.69, 9.17) is 0 Å². The number of likely N-dealkylation sites (tertiary alicyclic amines) is 1. The van der Waals surface area contributed by atoms with Crippen LogP contribution in [0.15, 0.2) is 18.5 Å². The maximum atomic E-state index is 13.8. The fourth-order valence-electron chi connectivity index (χ4n) is 3.83. The van der Waals surface area contributed by atoms with Gasteiger partial charge in [-0.1, -0.05) is 0 Å². The average Bonchev–Trinajstić information content (AvgIpc) is 3.43. The predicted octanol–water partition coefficient (Wildman–Crippen LogP) is 1.55. The van der Waals surface area contributed by atoms with Crippen LogP contribution in [0.4, 0.5) is 4.39 Å². The van der Waals surface area contributed by atoms with Crippen LogP contribution in [0.5, 0.6) is 0 Å². The summed E-state index contributed by atoms with van der Waals surface area (Å²) in [6, 6.07) is 1.81. The van der Waals surface area contributed by atoms with Crippen molar-refractivity contribution in [3.8, 4) is 0 Å². The van der Waals surface area contributed by atoms with Crippen LogP contribution in [-0.2, 0) is 11.3 Å². The van der Waals surface area contributed by atoms with Crippen molar-refractivity contribution in [1.82, 2.24) is 20.2 Å². The highest BCUT2D eigenvalue weighted by molar-refractivity contribution is 5.81. The van der Waals surface area contributed by atoms with E-state index in [1.165, 1.54) is 12.8 Å². The molecule has 124 valence electrons. The van der Waals surface area contributed by atoms with Crippen LogP contribution in [0.3, 0.4) is 0 Å². The van der Waals surface area contributed by atoms with Crippen LogP contribution in [0.1, 0.15) is 31.5 Å². The number of hydrogen-bond acceptors (Lipinski definition) is 4. The van der Waals surface area contributed by atoms with Crippen molar-refractivity contribution in [2.75, 3.05) is 13.1 Å². The number of rotatable bonds is 6. The lowest BCUT2D eigenvalue weighted by atomic mass is 10.2. The van der Waals surface area contributed by atoms with Crippen LogP contribution in [0, 0.1) is 17.8 Å². The number of aromatic nitrogens is 2. The molecule has 1 amide bonds. The lowest BCUT2D eigenvalue weighted by Crippen LogP contribution is -2.40. The fourth-order valence-corrected chi connectivity index (χ4v) is 3.83. The van der Waals surface area contributed by atoms with Crippen molar-refractivity contribution in [3.63, 3.8) is 0 Å². The predicted molar refractivity (Wildman–Crippen MR) is 83.1 cm³/mol. The highest BCUT2D eigenvalue weighted by atomic mass is 19.1. The zero-order valence-electron chi connectivity index (χ0n) is 13.2. The summed E-state index contributed by atoms with van der Waals surface area (Å²) in [5.74, 6) is 2.52. The number of halogens is 1. The van der Waals surface area contributed by atoms with Gasteiger partial charge >= 0.3 is 0 Å². The van der Waals surface area contributed by atoms with Crippen LogP contribution < -0.4 is 5.32 Å². The van der Waals surface area contributed by atoms with Crippen LogP contribution in [0.2, 0.25) is 0 Å². The van der Waals surface area contributed by atoms with E-state index in [-0.39, 0.29) is 17.9 Å². The van der Waals surface area contributed by atoms with Crippen LogP contribution in [0.25, 0.3) is 0 Å². The van der Waals surface area contributed by atoms with Gasteiger partial charge in [0.05, 0.1) is 6.54 Å². The number of alkyl halides is 1. The number of carbonyl (C=O) groups is 1. The SMILES string of the molecule is O=C(NC[C@@H]1C[C@H](F)CN1Cc1ncccn1)[C@@H]1C[C@@H]1C1CC1. The zero-order chi connectivity index (χ0) is 15.8. The molecule has 4 rings (SSSR count). The summed E-state index contributed by atoms with van der Waals surface area (Å²) in [7, 11) is 0. The maximum absolute atomic E-state index is 13.8. The largest absolute Gasteiger partial charge is 0.354 e. The van der Waals surface area contributed by atoms with E-state index >= 15 is 0 Å². The normalized spacial score (nSPS) is 33.6. The number of nitrogens with one attached hydrogen (secondary N) is 1. The third-order valence-electron chi connectivity index (χ3n) is 5.36. The van der Waals surface area contributed by atoms with Gasteiger partial charge in [0.25, 0.3) is 0 Å². The molecule has 2 aliphatic carbocycles. The summed E-state index contributed by atoms with van der Waals surface area (Å²) >= 11 is 0. The van der Waals surface area contributed by atoms with Gasteiger partial charge in [-0.2, -0.15) is 0 Å². The molecule has 0 bridgehead atoms. The molecule has 2 heterocycles. The molecular weight excluding hydrogens is 295 g/mol. The summed E-state index contributed by atoms with van der Waals surface area (Å²) in [6.45, 7) is 1.46. The second kappa shape index (κ2) is 6.15. The number of carbonyl (C=O) groups excluding carboxylic acids is 1. The molecule has 1 aromatic rings. The molecular formula is C17H23FN4O. The van der Waals surface area contributed by atoms with Gasteiger partial charge in [-0.15, -0.1) is 0 Å². The van der Waals surface area contributed by atoms with Gasteiger partial charge in [0, 0.05) is 37.4 Å². The molecule has 23 heavy (non-hydrogen) atoms. The minimum atomic E-state index is -0.833. The number of amides is 1. The first-order chi connectivity index (χ1) is 11.2. The van der Waals surface area contributed by atoms with E-state index in [9.17, 15) is 9.18 Å². The first kappa shape index (κ1) is 15.0. The van der Waals surface area contributed by atoms with E-state index < -0.39 is 6.17 Å². The summed E-state index contributed by atoms with van der Waals surface area (Å²) in [6.07, 6.45) is 6.69. The Morgan fingerprint density at radius 1 is 1.30 bits per heavy atom. The highest BCUT2D eigenvalue weighted by Gasteiger charge is 2.51.